The topological polar surface area (TPSA) is 78.1 Å². The summed E-state index contributed by atoms with van der Waals surface area (Å²) in [7, 11) is 1.75. The van der Waals surface area contributed by atoms with Gasteiger partial charge in [-0.25, -0.2) is 0 Å². The van der Waals surface area contributed by atoms with Crippen LogP contribution in [0.15, 0.2) is 24.3 Å². The molecule has 0 aliphatic carbocycles. The molecule has 0 radical (unpaired) electrons. The number of hydrogen-bond donors (Lipinski definition) is 2. The number of rotatable bonds is 3. The smallest absolute Gasteiger partial charge is 0.251 e. The second-order valence-corrected chi connectivity index (χ2v) is 5.96. The molecule has 23 heavy (non-hydrogen) atoms. The fourth-order valence-electron chi connectivity index (χ4n) is 2.99. The zero-order valence-electron chi connectivity index (χ0n) is 13.5. The Hall–Kier alpha value is -2.63. The SMILES string of the molecule is Cc1n[nH]c(C)c1-c1cccc(C(=O)N[C@H]2CCN(C)C2=O)c1. The summed E-state index contributed by atoms with van der Waals surface area (Å²) in [6.07, 6.45) is 0.653. The molecule has 2 heterocycles. The molecule has 2 aromatic rings. The van der Waals surface area contributed by atoms with Crippen LogP contribution >= 0.6 is 0 Å². The molecule has 3 rings (SSSR count). The first-order valence-electron chi connectivity index (χ1n) is 7.65. The summed E-state index contributed by atoms with van der Waals surface area (Å²) in [5.41, 5.74) is 4.36. The maximum Gasteiger partial charge on any atom is 0.251 e. The van der Waals surface area contributed by atoms with Crippen molar-refractivity contribution < 1.29 is 9.59 Å². The van der Waals surface area contributed by atoms with E-state index in [-0.39, 0.29) is 11.8 Å². The molecule has 2 N–H and O–H groups in total. The number of H-pyrrole nitrogens is 1. The highest BCUT2D eigenvalue weighted by atomic mass is 16.2. The van der Waals surface area contributed by atoms with Crippen molar-refractivity contribution >= 4 is 11.8 Å². The summed E-state index contributed by atoms with van der Waals surface area (Å²) in [6.45, 7) is 4.56. The van der Waals surface area contributed by atoms with Crippen molar-refractivity contribution in [2.24, 2.45) is 0 Å². The third-order valence-corrected chi connectivity index (χ3v) is 4.27. The minimum Gasteiger partial charge on any atom is -0.344 e. The molecule has 0 saturated carbocycles. The molecule has 120 valence electrons. The average Bonchev–Trinajstić information content (AvgIpc) is 3.03. The molecule has 1 saturated heterocycles. The third-order valence-electron chi connectivity index (χ3n) is 4.27. The van der Waals surface area contributed by atoms with Gasteiger partial charge in [0.15, 0.2) is 0 Å². The van der Waals surface area contributed by atoms with Gasteiger partial charge in [-0.2, -0.15) is 5.10 Å². The Bertz CT molecular complexity index is 746. The molecule has 6 heteroatoms. The van der Waals surface area contributed by atoms with Crippen LogP contribution in [0.25, 0.3) is 11.1 Å². The Morgan fingerprint density at radius 1 is 1.39 bits per heavy atom. The van der Waals surface area contributed by atoms with Crippen molar-refractivity contribution in [2.75, 3.05) is 13.6 Å². The van der Waals surface area contributed by atoms with Crippen LogP contribution < -0.4 is 5.32 Å². The van der Waals surface area contributed by atoms with Gasteiger partial charge in [0.1, 0.15) is 6.04 Å². The van der Waals surface area contributed by atoms with E-state index in [0.717, 1.165) is 22.5 Å². The van der Waals surface area contributed by atoms with Crippen molar-refractivity contribution in [3.8, 4) is 11.1 Å². The lowest BCUT2D eigenvalue weighted by atomic mass is 10.0. The number of aromatic nitrogens is 2. The summed E-state index contributed by atoms with van der Waals surface area (Å²) in [5, 5.41) is 9.97. The van der Waals surface area contributed by atoms with E-state index in [1.165, 1.54) is 0 Å². The van der Waals surface area contributed by atoms with Gasteiger partial charge in [-0.1, -0.05) is 12.1 Å². The van der Waals surface area contributed by atoms with Gasteiger partial charge in [0.05, 0.1) is 5.69 Å². The lowest BCUT2D eigenvalue weighted by Gasteiger charge is -2.13. The quantitative estimate of drug-likeness (QED) is 0.904. The summed E-state index contributed by atoms with van der Waals surface area (Å²) in [4.78, 5) is 26.0. The Labute approximate surface area is 134 Å². The molecule has 0 bridgehead atoms. The van der Waals surface area contributed by atoms with E-state index in [0.29, 0.717) is 18.5 Å². The van der Waals surface area contributed by atoms with Crippen LogP contribution in [0, 0.1) is 13.8 Å². The van der Waals surface area contributed by atoms with Crippen molar-refractivity contribution in [1.82, 2.24) is 20.4 Å². The Morgan fingerprint density at radius 3 is 2.78 bits per heavy atom. The number of benzene rings is 1. The number of hydrogen-bond acceptors (Lipinski definition) is 3. The normalized spacial score (nSPS) is 17.6. The number of amides is 2. The maximum absolute atomic E-state index is 12.4. The fourth-order valence-corrected chi connectivity index (χ4v) is 2.99. The number of carbonyl (C=O) groups excluding carboxylic acids is 2. The molecule has 1 aromatic heterocycles. The standard InChI is InChI=1S/C17H20N4O2/c1-10-15(11(2)20-19-10)12-5-4-6-13(9-12)16(22)18-14-7-8-21(3)17(14)23/h4-6,9,14H,7-8H2,1-3H3,(H,18,22)(H,19,20)/t14-/m0/s1. The number of aromatic amines is 1. The Balaban J connectivity index is 1.83. The van der Waals surface area contributed by atoms with Gasteiger partial charge in [-0.3, -0.25) is 14.7 Å². The predicted octanol–water partition coefficient (Wildman–Crippen LogP) is 1.65. The number of nitrogens with one attached hydrogen (secondary N) is 2. The second-order valence-electron chi connectivity index (χ2n) is 5.96. The minimum absolute atomic E-state index is 0.0315. The van der Waals surface area contributed by atoms with E-state index in [9.17, 15) is 9.59 Å². The van der Waals surface area contributed by atoms with Crippen LogP contribution in [0.3, 0.4) is 0 Å². The van der Waals surface area contributed by atoms with Crippen LogP contribution in [0.5, 0.6) is 0 Å². The zero-order chi connectivity index (χ0) is 16.6. The molecule has 0 spiro atoms. The highest BCUT2D eigenvalue weighted by Gasteiger charge is 2.30. The van der Waals surface area contributed by atoms with Gasteiger partial charge in [-0.05, 0) is 38.0 Å². The molecule has 6 nitrogen and oxygen atoms in total. The molecule has 1 atom stereocenters. The van der Waals surface area contributed by atoms with E-state index >= 15 is 0 Å². The number of carbonyl (C=O) groups is 2. The molecular formula is C17H20N4O2. The van der Waals surface area contributed by atoms with Crippen molar-refractivity contribution in [2.45, 2.75) is 26.3 Å². The lowest BCUT2D eigenvalue weighted by molar-refractivity contribution is -0.128. The van der Waals surface area contributed by atoms with Gasteiger partial charge in [0, 0.05) is 30.4 Å². The number of likely N-dealkylation sites (N-methyl/N-ethyl adjacent to an activating group) is 1. The summed E-state index contributed by atoms with van der Waals surface area (Å²) in [5.74, 6) is -0.254. The van der Waals surface area contributed by atoms with Crippen LogP contribution in [0.2, 0.25) is 0 Å². The van der Waals surface area contributed by atoms with Gasteiger partial charge in [-0.15, -0.1) is 0 Å². The fraction of sp³-hybridized carbons (Fsp3) is 0.353. The first kappa shape index (κ1) is 15.3. The monoisotopic (exact) mass is 312 g/mol. The third kappa shape index (κ3) is 2.84. The number of nitrogens with zero attached hydrogens (tertiary/aromatic N) is 2. The largest absolute Gasteiger partial charge is 0.344 e. The number of likely N-dealkylation sites (tertiary alicyclic amines) is 1. The van der Waals surface area contributed by atoms with Crippen LogP contribution in [-0.4, -0.2) is 46.5 Å². The van der Waals surface area contributed by atoms with Crippen molar-refractivity contribution in [3.05, 3.63) is 41.2 Å². The molecular weight excluding hydrogens is 292 g/mol. The molecule has 1 aliphatic rings. The zero-order valence-corrected chi connectivity index (χ0v) is 13.5. The van der Waals surface area contributed by atoms with Crippen molar-refractivity contribution in [1.29, 1.82) is 0 Å². The second kappa shape index (κ2) is 5.87. The predicted molar refractivity (Wildman–Crippen MR) is 87.0 cm³/mol. The van der Waals surface area contributed by atoms with E-state index in [2.05, 4.69) is 15.5 Å². The van der Waals surface area contributed by atoms with Gasteiger partial charge < -0.3 is 10.2 Å². The highest BCUT2D eigenvalue weighted by Crippen LogP contribution is 2.26. The lowest BCUT2D eigenvalue weighted by Crippen LogP contribution is -2.40. The first-order valence-corrected chi connectivity index (χ1v) is 7.65. The van der Waals surface area contributed by atoms with E-state index in [1.807, 2.05) is 32.0 Å². The minimum atomic E-state index is -0.423. The molecule has 1 aromatic carbocycles. The van der Waals surface area contributed by atoms with Gasteiger partial charge in [0.25, 0.3) is 5.91 Å². The van der Waals surface area contributed by atoms with Crippen molar-refractivity contribution in [3.63, 3.8) is 0 Å². The van der Waals surface area contributed by atoms with Gasteiger partial charge >= 0.3 is 0 Å². The Morgan fingerprint density at radius 2 is 2.17 bits per heavy atom. The summed E-state index contributed by atoms with van der Waals surface area (Å²) < 4.78 is 0. The van der Waals surface area contributed by atoms with Crippen LogP contribution in [-0.2, 0) is 4.79 Å². The molecule has 2 amide bonds. The average molecular weight is 312 g/mol. The van der Waals surface area contributed by atoms with Crippen LogP contribution in [0.4, 0.5) is 0 Å². The van der Waals surface area contributed by atoms with E-state index in [4.69, 9.17) is 0 Å². The van der Waals surface area contributed by atoms with E-state index < -0.39 is 6.04 Å². The molecule has 1 aliphatic heterocycles. The molecule has 0 unspecified atom stereocenters. The Kier molecular flexibility index (Phi) is 3.90. The highest BCUT2D eigenvalue weighted by molar-refractivity contribution is 5.99. The summed E-state index contributed by atoms with van der Waals surface area (Å²) >= 11 is 0. The maximum atomic E-state index is 12.4. The molecule has 1 fully saturated rings. The van der Waals surface area contributed by atoms with E-state index in [1.54, 1.807) is 18.0 Å². The first-order chi connectivity index (χ1) is 11.0. The summed E-state index contributed by atoms with van der Waals surface area (Å²) in [6, 6.07) is 6.97. The van der Waals surface area contributed by atoms with Gasteiger partial charge in [0.2, 0.25) is 5.91 Å². The van der Waals surface area contributed by atoms with Crippen LogP contribution in [0.1, 0.15) is 28.2 Å². The number of aryl methyl sites for hydroxylation is 2.